The first kappa shape index (κ1) is 18.5. The normalized spacial score (nSPS) is 13.1. The maximum atomic E-state index is 11.3. The number of aromatic nitrogens is 1. The van der Waals surface area contributed by atoms with Crippen molar-refractivity contribution in [2.75, 3.05) is 13.2 Å². The van der Waals surface area contributed by atoms with Crippen LogP contribution >= 0.6 is 0 Å². The second kappa shape index (κ2) is 8.82. The fraction of sp³-hybridized carbons (Fsp3) is 0.625. The topological polar surface area (TPSA) is 111 Å². The van der Waals surface area contributed by atoms with Gasteiger partial charge < -0.3 is 20.4 Å². The van der Waals surface area contributed by atoms with Gasteiger partial charge in [0.1, 0.15) is 6.10 Å². The second-order valence-electron chi connectivity index (χ2n) is 5.63. The molecule has 6 nitrogen and oxygen atoms in total. The smallest absolute Gasteiger partial charge is 0.337 e. The minimum atomic E-state index is -1.34. The maximum absolute atomic E-state index is 11.3. The predicted molar refractivity (Wildman–Crippen MR) is 81.5 cm³/mol. The summed E-state index contributed by atoms with van der Waals surface area (Å²) >= 11 is 0. The predicted octanol–water partition coefficient (Wildman–Crippen LogP) is 1.75. The number of aromatic carboxylic acids is 1. The third-order valence-electron chi connectivity index (χ3n) is 4.07. The fourth-order valence-corrected chi connectivity index (χ4v) is 2.53. The molecule has 1 heterocycles. The lowest BCUT2D eigenvalue weighted by Gasteiger charge is -2.35. The first-order valence-electron chi connectivity index (χ1n) is 7.60. The molecule has 1 atom stereocenters. The third kappa shape index (κ3) is 4.25. The molecule has 0 aliphatic rings. The average molecular weight is 311 g/mol. The average Bonchev–Trinajstić information content (AvgIpc) is 2.55. The molecule has 0 aliphatic carbocycles. The van der Waals surface area contributed by atoms with Gasteiger partial charge in [-0.25, -0.2) is 4.79 Å². The summed E-state index contributed by atoms with van der Waals surface area (Å²) in [6.07, 6.45) is 4.21. The van der Waals surface area contributed by atoms with Gasteiger partial charge >= 0.3 is 5.97 Å². The highest BCUT2D eigenvalue weighted by Crippen LogP contribution is 2.38. The van der Waals surface area contributed by atoms with E-state index in [1.807, 2.05) is 0 Å². The van der Waals surface area contributed by atoms with Gasteiger partial charge in [0.2, 0.25) is 0 Å². The van der Waals surface area contributed by atoms with Crippen molar-refractivity contribution >= 4 is 5.97 Å². The molecular weight excluding hydrogens is 286 g/mol. The molecule has 1 rings (SSSR count). The molecule has 0 spiro atoms. The van der Waals surface area contributed by atoms with Crippen LogP contribution in [0.25, 0.3) is 0 Å². The number of nitrogens with zero attached hydrogens (tertiary/aromatic N) is 1. The number of aliphatic hydroxyl groups is 3. The van der Waals surface area contributed by atoms with Crippen LogP contribution in [0.15, 0.2) is 18.3 Å². The van der Waals surface area contributed by atoms with Crippen molar-refractivity contribution in [2.45, 2.75) is 45.1 Å². The molecule has 1 unspecified atom stereocenters. The Balaban J connectivity index is 3.02. The van der Waals surface area contributed by atoms with Crippen LogP contribution < -0.4 is 0 Å². The molecule has 6 heteroatoms. The summed E-state index contributed by atoms with van der Waals surface area (Å²) in [5.74, 6) is -1.20. The zero-order chi connectivity index (χ0) is 16.6. The Morgan fingerprint density at radius 3 is 2.50 bits per heavy atom. The molecule has 0 saturated carbocycles. The summed E-state index contributed by atoms with van der Waals surface area (Å²) in [7, 11) is 0. The monoisotopic (exact) mass is 311 g/mol. The third-order valence-corrected chi connectivity index (χ3v) is 4.07. The van der Waals surface area contributed by atoms with Gasteiger partial charge in [-0.05, 0) is 18.6 Å². The minimum Gasteiger partial charge on any atom is -0.478 e. The summed E-state index contributed by atoms with van der Waals surface area (Å²) in [6, 6.07) is 2.82. The van der Waals surface area contributed by atoms with E-state index in [1.54, 1.807) is 0 Å². The number of pyridine rings is 1. The number of unbranched alkanes of at least 4 members (excludes halogenated alkanes) is 3. The lowest BCUT2D eigenvalue weighted by Crippen LogP contribution is -2.38. The van der Waals surface area contributed by atoms with Gasteiger partial charge in [0, 0.05) is 11.6 Å². The van der Waals surface area contributed by atoms with E-state index in [9.17, 15) is 25.2 Å². The number of carboxylic acid groups (broad SMARTS) is 1. The van der Waals surface area contributed by atoms with Crippen LogP contribution in [0, 0.1) is 5.41 Å². The molecule has 0 radical (unpaired) electrons. The maximum Gasteiger partial charge on any atom is 0.337 e. The van der Waals surface area contributed by atoms with Crippen molar-refractivity contribution in [3.05, 3.63) is 29.6 Å². The largest absolute Gasteiger partial charge is 0.478 e. The van der Waals surface area contributed by atoms with Crippen molar-refractivity contribution in [1.82, 2.24) is 4.98 Å². The van der Waals surface area contributed by atoms with E-state index in [2.05, 4.69) is 11.9 Å². The number of carbonyl (C=O) groups is 1. The van der Waals surface area contributed by atoms with Crippen LogP contribution in [0.2, 0.25) is 0 Å². The SMILES string of the molecule is CCCCCCC(CO)(CO)C(O)c1ncccc1C(=O)O. The van der Waals surface area contributed by atoms with E-state index in [0.717, 1.165) is 25.7 Å². The molecular formula is C16H25NO5. The second-order valence-corrected chi connectivity index (χ2v) is 5.63. The highest BCUT2D eigenvalue weighted by atomic mass is 16.4. The number of rotatable bonds is 10. The van der Waals surface area contributed by atoms with Crippen LogP contribution in [0.1, 0.15) is 61.2 Å². The van der Waals surface area contributed by atoms with Crippen LogP contribution in [0.4, 0.5) is 0 Å². The fourth-order valence-electron chi connectivity index (χ4n) is 2.53. The molecule has 0 fully saturated rings. The van der Waals surface area contributed by atoms with Gasteiger partial charge in [-0.1, -0.05) is 32.6 Å². The molecule has 0 saturated heterocycles. The summed E-state index contributed by atoms with van der Waals surface area (Å²) in [5.41, 5.74) is -1.32. The van der Waals surface area contributed by atoms with E-state index in [4.69, 9.17) is 0 Å². The van der Waals surface area contributed by atoms with Gasteiger partial charge in [0.15, 0.2) is 0 Å². The van der Waals surface area contributed by atoms with Crippen molar-refractivity contribution < 1.29 is 25.2 Å². The van der Waals surface area contributed by atoms with Crippen LogP contribution in [-0.2, 0) is 0 Å². The zero-order valence-electron chi connectivity index (χ0n) is 12.9. The van der Waals surface area contributed by atoms with Crippen molar-refractivity contribution in [3.8, 4) is 0 Å². The Bertz CT molecular complexity index is 473. The summed E-state index contributed by atoms with van der Waals surface area (Å²) in [5, 5.41) is 39.2. The summed E-state index contributed by atoms with van der Waals surface area (Å²) in [6.45, 7) is 1.20. The molecule has 22 heavy (non-hydrogen) atoms. The van der Waals surface area contributed by atoms with Gasteiger partial charge in [-0.3, -0.25) is 4.98 Å². The van der Waals surface area contributed by atoms with Crippen molar-refractivity contribution in [3.63, 3.8) is 0 Å². The zero-order valence-corrected chi connectivity index (χ0v) is 12.9. The molecule has 124 valence electrons. The van der Waals surface area contributed by atoms with E-state index < -0.39 is 30.7 Å². The Morgan fingerprint density at radius 1 is 1.27 bits per heavy atom. The molecule has 0 amide bonds. The molecule has 0 aromatic carbocycles. The first-order chi connectivity index (χ1) is 10.5. The molecule has 1 aromatic heterocycles. The van der Waals surface area contributed by atoms with E-state index >= 15 is 0 Å². The number of hydrogen-bond acceptors (Lipinski definition) is 5. The van der Waals surface area contributed by atoms with Crippen molar-refractivity contribution in [2.24, 2.45) is 5.41 Å². The molecule has 1 aromatic rings. The Labute approximate surface area is 130 Å². The molecule has 0 bridgehead atoms. The minimum absolute atomic E-state index is 0.0198. The van der Waals surface area contributed by atoms with E-state index in [-0.39, 0.29) is 11.3 Å². The van der Waals surface area contributed by atoms with Crippen LogP contribution in [-0.4, -0.2) is 44.6 Å². The van der Waals surface area contributed by atoms with E-state index in [0.29, 0.717) is 6.42 Å². The van der Waals surface area contributed by atoms with Crippen LogP contribution in [0.5, 0.6) is 0 Å². The lowest BCUT2D eigenvalue weighted by atomic mass is 9.76. The van der Waals surface area contributed by atoms with Crippen molar-refractivity contribution in [1.29, 1.82) is 0 Å². The number of carboxylic acids is 1. The lowest BCUT2D eigenvalue weighted by molar-refractivity contribution is -0.0642. The highest BCUT2D eigenvalue weighted by molar-refractivity contribution is 5.88. The quantitative estimate of drug-likeness (QED) is 0.490. The Morgan fingerprint density at radius 2 is 1.95 bits per heavy atom. The molecule has 4 N–H and O–H groups in total. The Hall–Kier alpha value is -1.50. The number of aliphatic hydroxyl groups excluding tert-OH is 3. The van der Waals surface area contributed by atoms with E-state index in [1.165, 1.54) is 18.3 Å². The summed E-state index contributed by atoms with van der Waals surface area (Å²) < 4.78 is 0. The van der Waals surface area contributed by atoms with Crippen LogP contribution in [0.3, 0.4) is 0 Å². The standard InChI is InChI=1S/C16H25NO5/c1-2-3-4-5-8-16(10-18,11-19)14(20)13-12(15(21)22)7-6-9-17-13/h6-7,9,14,18-20H,2-5,8,10-11H2,1H3,(H,21,22). The number of hydrogen-bond donors (Lipinski definition) is 4. The summed E-state index contributed by atoms with van der Waals surface area (Å²) in [4.78, 5) is 15.2. The Kier molecular flexibility index (Phi) is 7.44. The van der Waals surface area contributed by atoms with Gasteiger partial charge in [-0.2, -0.15) is 0 Å². The first-order valence-corrected chi connectivity index (χ1v) is 7.60. The van der Waals surface area contributed by atoms with Gasteiger partial charge in [0.25, 0.3) is 0 Å². The van der Waals surface area contributed by atoms with Gasteiger partial charge in [-0.15, -0.1) is 0 Å². The van der Waals surface area contributed by atoms with Gasteiger partial charge in [0.05, 0.1) is 24.5 Å². The highest BCUT2D eigenvalue weighted by Gasteiger charge is 2.40. The molecule has 0 aliphatic heterocycles.